The van der Waals surface area contributed by atoms with E-state index in [9.17, 15) is 10.2 Å². The zero-order valence-electron chi connectivity index (χ0n) is 7.59. The van der Waals surface area contributed by atoms with E-state index < -0.39 is 11.2 Å². The van der Waals surface area contributed by atoms with E-state index in [2.05, 4.69) is 0 Å². The Balaban J connectivity index is 2.67. The zero-order chi connectivity index (χ0) is 8.70. The molecule has 0 unspecified atom stereocenters. The molecule has 1 aliphatic rings. The Morgan fingerprint density at radius 1 is 1.27 bits per heavy atom. The van der Waals surface area contributed by atoms with E-state index in [-0.39, 0.29) is 0 Å². The fraction of sp³-hybridized carbons (Fsp3) is 1.00. The van der Waals surface area contributed by atoms with Gasteiger partial charge in [-0.3, -0.25) is 0 Å². The summed E-state index contributed by atoms with van der Waals surface area (Å²) in [7, 11) is 0. The van der Waals surface area contributed by atoms with Crippen molar-refractivity contribution in [1.29, 1.82) is 0 Å². The normalized spacial score (nSPS) is 52.6. The van der Waals surface area contributed by atoms with Crippen molar-refractivity contribution in [3.8, 4) is 0 Å². The molecule has 1 aliphatic carbocycles. The number of hydrogen-bond donors (Lipinski definition) is 2. The van der Waals surface area contributed by atoms with Crippen molar-refractivity contribution in [2.45, 2.75) is 51.2 Å². The first-order chi connectivity index (χ1) is 4.83. The number of aliphatic hydroxyl groups is 2. The Morgan fingerprint density at radius 2 is 1.82 bits per heavy atom. The van der Waals surface area contributed by atoms with E-state index in [0.717, 1.165) is 12.8 Å². The summed E-state index contributed by atoms with van der Waals surface area (Å²) in [4.78, 5) is 0. The molecule has 66 valence electrons. The molecule has 0 spiro atoms. The summed E-state index contributed by atoms with van der Waals surface area (Å²) in [5.74, 6) is 0.308. The van der Waals surface area contributed by atoms with Gasteiger partial charge >= 0.3 is 0 Å². The topological polar surface area (TPSA) is 40.5 Å². The van der Waals surface area contributed by atoms with Crippen LogP contribution in [0.3, 0.4) is 0 Å². The monoisotopic (exact) mass is 158 g/mol. The van der Waals surface area contributed by atoms with E-state index in [1.807, 2.05) is 13.8 Å². The van der Waals surface area contributed by atoms with E-state index in [1.54, 1.807) is 6.92 Å². The average molecular weight is 158 g/mol. The third-order valence-electron chi connectivity index (χ3n) is 2.92. The highest BCUT2D eigenvalue weighted by atomic mass is 16.3. The SMILES string of the molecule is C[C@@H]1CC[C@@](C)(O)C[C@@]1(C)O. The maximum absolute atomic E-state index is 9.82. The van der Waals surface area contributed by atoms with Crippen LogP contribution in [-0.4, -0.2) is 21.4 Å². The first-order valence-electron chi connectivity index (χ1n) is 4.28. The van der Waals surface area contributed by atoms with Crippen LogP contribution < -0.4 is 0 Å². The molecule has 1 saturated carbocycles. The van der Waals surface area contributed by atoms with Crippen molar-refractivity contribution >= 4 is 0 Å². The molecule has 1 rings (SSSR count). The molecular formula is C9H18O2. The minimum Gasteiger partial charge on any atom is -0.390 e. The molecule has 2 heteroatoms. The highest BCUT2D eigenvalue weighted by Gasteiger charge is 2.41. The molecule has 0 amide bonds. The average Bonchev–Trinajstić information content (AvgIpc) is 1.77. The highest BCUT2D eigenvalue weighted by Crippen LogP contribution is 2.38. The lowest BCUT2D eigenvalue weighted by atomic mass is 9.71. The van der Waals surface area contributed by atoms with Gasteiger partial charge in [0.1, 0.15) is 0 Å². The summed E-state index contributed by atoms with van der Waals surface area (Å²) in [5, 5.41) is 19.5. The molecule has 1 fully saturated rings. The van der Waals surface area contributed by atoms with Crippen LogP contribution in [0, 0.1) is 5.92 Å². The Morgan fingerprint density at radius 3 is 2.18 bits per heavy atom. The van der Waals surface area contributed by atoms with E-state index in [1.165, 1.54) is 0 Å². The second-order valence-electron chi connectivity index (χ2n) is 4.47. The molecule has 0 aromatic carbocycles. The standard InChI is InChI=1S/C9H18O2/c1-7-4-5-8(2,10)6-9(7,3)11/h7,10-11H,4-6H2,1-3H3/t7-,8-,9-/m1/s1. The van der Waals surface area contributed by atoms with Gasteiger partial charge < -0.3 is 10.2 Å². The maximum Gasteiger partial charge on any atom is 0.0672 e. The fourth-order valence-electron chi connectivity index (χ4n) is 1.87. The quantitative estimate of drug-likeness (QED) is 0.558. The molecule has 2 N–H and O–H groups in total. The molecule has 0 radical (unpaired) electrons. The summed E-state index contributed by atoms with van der Waals surface area (Å²) in [6.45, 7) is 5.65. The minimum absolute atomic E-state index is 0.308. The molecule has 0 aliphatic heterocycles. The minimum atomic E-state index is -0.679. The Hall–Kier alpha value is -0.0800. The van der Waals surface area contributed by atoms with Crippen molar-refractivity contribution in [2.24, 2.45) is 5.92 Å². The molecular weight excluding hydrogens is 140 g/mol. The summed E-state index contributed by atoms with van der Waals surface area (Å²) < 4.78 is 0. The van der Waals surface area contributed by atoms with Crippen LogP contribution >= 0.6 is 0 Å². The van der Waals surface area contributed by atoms with Crippen LogP contribution in [0.1, 0.15) is 40.0 Å². The molecule has 11 heavy (non-hydrogen) atoms. The number of hydrogen-bond acceptors (Lipinski definition) is 2. The highest BCUT2D eigenvalue weighted by molar-refractivity contribution is 4.93. The lowest BCUT2D eigenvalue weighted by Crippen LogP contribution is -2.46. The summed E-state index contributed by atoms with van der Waals surface area (Å²) >= 11 is 0. The van der Waals surface area contributed by atoms with Crippen LogP contribution in [0.4, 0.5) is 0 Å². The van der Waals surface area contributed by atoms with E-state index in [0.29, 0.717) is 12.3 Å². The Kier molecular flexibility index (Phi) is 2.01. The van der Waals surface area contributed by atoms with Gasteiger partial charge in [0.15, 0.2) is 0 Å². The van der Waals surface area contributed by atoms with E-state index >= 15 is 0 Å². The van der Waals surface area contributed by atoms with Gasteiger partial charge in [-0.25, -0.2) is 0 Å². The van der Waals surface area contributed by atoms with Gasteiger partial charge in [-0.05, 0) is 32.6 Å². The molecule has 3 atom stereocenters. The first kappa shape index (κ1) is 9.01. The second-order valence-corrected chi connectivity index (χ2v) is 4.47. The second kappa shape index (κ2) is 2.46. The third-order valence-corrected chi connectivity index (χ3v) is 2.92. The van der Waals surface area contributed by atoms with Crippen LogP contribution in [0.15, 0.2) is 0 Å². The third kappa shape index (κ3) is 1.94. The summed E-state index contributed by atoms with van der Waals surface area (Å²) in [6, 6.07) is 0. The summed E-state index contributed by atoms with van der Waals surface area (Å²) in [6.07, 6.45) is 2.23. The lowest BCUT2D eigenvalue weighted by molar-refractivity contribution is -0.110. The van der Waals surface area contributed by atoms with Crippen LogP contribution in [0.5, 0.6) is 0 Å². The van der Waals surface area contributed by atoms with Gasteiger partial charge in [-0.1, -0.05) is 6.92 Å². The maximum atomic E-state index is 9.82. The predicted molar refractivity (Wildman–Crippen MR) is 44.3 cm³/mol. The first-order valence-corrected chi connectivity index (χ1v) is 4.28. The van der Waals surface area contributed by atoms with Gasteiger partial charge in [0, 0.05) is 6.42 Å². The van der Waals surface area contributed by atoms with Crippen LogP contribution in [0.25, 0.3) is 0 Å². The zero-order valence-corrected chi connectivity index (χ0v) is 7.59. The summed E-state index contributed by atoms with van der Waals surface area (Å²) in [5.41, 5.74) is -1.34. The van der Waals surface area contributed by atoms with Crippen molar-refractivity contribution in [2.75, 3.05) is 0 Å². The predicted octanol–water partition coefficient (Wildman–Crippen LogP) is 1.31. The van der Waals surface area contributed by atoms with E-state index in [4.69, 9.17) is 0 Å². The van der Waals surface area contributed by atoms with Crippen molar-refractivity contribution in [3.63, 3.8) is 0 Å². The lowest BCUT2D eigenvalue weighted by Gasteiger charge is -2.42. The molecule has 0 aromatic heterocycles. The van der Waals surface area contributed by atoms with Crippen molar-refractivity contribution in [1.82, 2.24) is 0 Å². The molecule has 0 saturated heterocycles. The molecule has 0 bridgehead atoms. The fourth-order valence-corrected chi connectivity index (χ4v) is 1.87. The Bertz CT molecular complexity index is 150. The van der Waals surface area contributed by atoms with Gasteiger partial charge in [-0.2, -0.15) is 0 Å². The van der Waals surface area contributed by atoms with Crippen molar-refractivity contribution in [3.05, 3.63) is 0 Å². The van der Waals surface area contributed by atoms with Gasteiger partial charge in [-0.15, -0.1) is 0 Å². The number of rotatable bonds is 0. The van der Waals surface area contributed by atoms with Gasteiger partial charge in [0.05, 0.1) is 11.2 Å². The molecule has 2 nitrogen and oxygen atoms in total. The van der Waals surface area contributed by atoms with Gasteiger partial charge in [0.2, 0.25) is 0 Å². The van der Waals surface area contributed by atoms with Crippen LogP contribution in [0.2, 0.25) is 0 Å². The van der Waals surface area contributed by atoms with Crippen molar-refractivity contribution < 1.29 is 10.2 Å². The Labute approximate surface area is 68.2 Å². The van der Waals surface area contributed by atoms with Gasteiger partial charge in [0.25, 0.3) is 0 Å². The molecule has 0 heterocycles. The van der Waals surface area contributed by atoms with Crippen LogP contribution in [-0.2, 0) is 0 Å². The molecule has 0 aromatic rings. The largest absolute Gasteiger partial charge is 0.390 e. The smallest absolute Gasteiger partial charge is 0.0672 e.